The second-order valence-electron chi connectivity index (χ2n) is 12.4. The molecule has 3 nitrogen and oxygen atoms in total. The summed E-state index contributed by atoms with van der Waals surface area (Å²) >= 11 is 0. The summed E-state index contributed by atoms with van der Waals surface area (Å²) in [6, 6.07) is 63.1. The summed E-state index contributed by atoms with van der Waals surface area (Å²) < 4.78 is 4.74. The minimum Gasteiger partial charge on any atom is -0.309 e. The summed E-state index contributed by atoms with van der Waals surface area (Å²) in [7, 11) is 0. The number of para-hydroxylation sites is 2. The highest BCUT2D eigenvalue weighted by Gasteiger charge is 2.21. The monoisotopic (exact) mass is 611 g/mol. The molecule has 0 saturated carbocycles. The first-order valence-electron chi connectivity index (χ1n) is 16.4. The van der Waals surface area contributed by atoms with E-state index in [0.29, 0.717) is 0 Å². The van der Waals surface area contributed by atoms with E-state index < -0.39 is 0 Å². The SMILES string of the molecule is c1ccc(-c2nc3c4ccccc4c4cc(-c5ccc6c(c5)c5ccccc5n6-c5ccccc5)ccc4n3c2-c2ccccc2)cc1. The standard InChI is InChI=1S/C45H29N3/c1-4-14-30(15-5-1)43-44(31-16-6-2-7-17-31)48-42-27-25-32(28-38(42)35-20-10-11-22-37(35)45(48)46-43)33-24-26-41-39(29-33)36-21-12-13-23-40(36)47(41)34-18-8-3-9-19-34/h1-29H. The van der Waals surface area contributed by atoms with Gasteiger partial charge in [-0.15, -0.1) is 0 Å². The average molecular weight is 612 g/mol. The maximum Gasteiger partial charge on any atom is 0.146 e. The van der Waals surface area contributed by atoms with Crippen LogP contribution in [0.15, 0.2) is 176 Å². The molecule has 0 fully saturated rings. The van der Waals surface area contributed by atoms with Crippen LogP contribution in [-0.4, -0.2) is 14.0 Å². The summed E-state index contributed by atoms with van der Waals surface area (Å²) in [5.74, 6) is 0. The first-order valence-corrected chi connectivity index (χ1v) is 16.4. The minimum absolute atomic E-state index is 0.971. The van der Waals surface area contributed by atoms with E-state index in [1.165, 1.54) is 49.4 Å². The van der Waals surface area contributed by atoms with Gasteiger partial charge in [-0.25, -0.2) is 4.98 Å². The molecular weight excluding hydrogens is 583 g/mol. The van der Waals surface area contributed by atoms with Crippen LogP contribution < -0.4 is 0 Å². The Labute approximate surface area is 277 Å². The largest absolute Gasteiger partial charge is 0.309 e. The summed E-state index contributed by atoms with van der Waals surface area (Å²) in [5.41, 5.74) is 12.4. The fourth-order valence-corrected chi connectivity index (χ4v) is 7.54. The van der Waals surface area contributed by atoms with Crippen molar-refractivity contribution >= 4 is 49.1 Å². The second-order valence-corrected chi connectivity index (χ2v) is 12.4. The number of hydrogen-bond acceptors (Lipinski definition) is 1. The Morgan fingerprint density at radius 2 is 0.875 bits per heavy atom. The molecule has 0 amide bonds. The maximum atomic E-state index is 5.37. The van der Waals surface area contributed by atoms with E-state index >= 15 is 0 Å². The number of fused-ring (bicyclic) bond motifs is 9. The molecule has 0 unspecified atom stereocenters. The fraction of sp³-hybridized carbons (Fsp3) is 0. The number of nitrogens with zero attached hydrogens (tertiary/aromatic N) is 3. The average Bonchev–Trinajstić information content (AvgIpc) is 3.73. The third kappa shape index (κ3) is 3.98. The highest BCUT2D eigenvalue weighted by atomic mass is 15.0. The van der Waals surface area contributed by atoms with Crippen molar-refractivity contribution in [3.05, 3.63) is 176 Å². The van der Waals surface area contributed by atoms with E-state index in [0.717, 1.165) is 39.1 Å². The molecule has 0 radical (unpaired) electrons. The Hall–Kier alpha value is -6.45. The van der Waals surface area contributed by atoms with Crippen LogP contribution in [0.3, 0.4) is 0 Å². The zero-order chi connectivity index (χ0) is 31.6. The second kappa shape index (κ2) is 10.5. The van der Waals surface area contributed by atoms with Crippen LogP contribution in [-0.2, 0) is 0 Å². The summed E-state index contributed by atoms with van der Waals surface area (Å²) in [6.45, 7) is 0. The van der Waals surface area contributed by atoms with Gasteiger partial charge in [-0.2, -0.15) is 0 Å². The molecule has 0 spiro atoms. The molecule has 10 aromatic rings. The molecule has 0 N–H and O–H groups in total. The van der Waals surface area contributed by atoms with Crippen LogP contribution in [0.25, 0.3) is 88.5 Å². The van der Waals surface area contributed by atoms with Gasteiger partial charge >= 0.3 is 0 Å². The Balaban J connectivity index is 1.25. The minimum atomic E-state index is 0.971. The van der Waals surface area contributed by atoms with Gasteiger partial charge in [0, 0.05) is 38.4 Å². The van der Waals surface area contributed by atoms with Gasteiger partial charge in [-0.3, -0.25) is 4.40 Å². The van der Waals surface area contributed by atoms with Crippen molar-refractivity contribution in [3.63, 3.8) is 0 Å². The fourth-order valence-electron chi connectivity index (χ4n) is 7.54. The van der Waals surface area contributed by atoms with E-state index in [-0.39, 0.29) is 0 Å². The molecule has 3 heteroatoms. The van der Waals surface area contributed by atoms with Gasteiger partial charge in [0.25, 0.3) is 0 Å². The van der Waals surface area contributed by atoms with E-state index in [1.54, 1.807) is 0 Å². The Morgan fingerprint density at radius 3 is 1.58 bits per heavy atom. The summed E-state index contributed by atoms with van der Waals surface area (Å²) in [4.78, 5) is 5.37. The lowest BCUT2D eigenvalue weighted by Crippen LogP contribution is -1.95. The molecule has 10 rings (SSSR count). The van der Waals surface area contributed by atoms with Crippen molar-refractivity contribution in [2.75, 3.05) is 0 Å². The van der Waals surface area contributed by atoms with Gasteiger partial charge < -0.3 is 4.57 Å². The zero-order valence-electron chi connectivity index (χ0n) is 26.1. The Kier molecular flexibility index (Phi) is 5.87. The van der Waals surface area contributed by atoms with E-state index in [9.17, 15) is 0 Å². The van der Waals surface area contributed by atoms with Gasteiger partial charge in [0.2, 0.25) is 0 Å². The lowest BCUT2D eigenvalue weighted by atomic mass is 9.98. The predicted octanol–water partition coefficient (Wildman–Crippen LogP) is 11.7. The van der Waals surface area contributed by atoms with Gasteiger partial charge in [0.05, 0.1) is 27.9 Å². The van der Waals surface area contributed by atoms with Crippen molar-refractivity contribution < 1.29 is 0 Å². The normalized spacial score (nSPS) is 11.8. The van der Waals surface area contributed by atoms with E-state index in [1.807, 2.05) is 0 Å². The molecule has 224 valence electrons. The van der Waals surface area contributed by atoms with Crippen LogP contribution in [0.2, 0.25) is 0 Å². The molecule has 0 saturated heterocycles. The van der Waals surface area contributed by atoms with Gasteiger partial charge in [-0.05, 0) is 59.0 Å². The lowest BCUT2D eigenvalue weighted by molar-refractivity contribution is 1.18. The number of benzene rings is 7. The molecule has 0 aliphatic carbocycles. The van der Waals surface area contributed by atoms with Crippen molar-refractivity contribution in [3.8, 4) is 39.3 Å². The quantitative estimate of drug-likeness (QED) is 0.182. The Bertz CT molecular complexity index is 2810. The summed E-state index contributed by atoms with van der Waals surface area (Å²) in [5, 5.41) is 6.05. The molecule has 3 heterocycles. The first kappa shape index (κ1) is 26.7. The van der Waals surface area contributed by atoms with Crippen molar-refractivity contribution in [2.45, 2.75) is 0 Å². The number of hydrogen-bond donors (Lipinski definition) is 0. The van der Waals surface area contributed by atoms with Crippen molar-refractivity contribution in [1.29, 1.82) is 0 Å². The third-order valence-corrected chi connectivity index (χ3v) is 9.69. The van der Waals surface area contributed by atoms with Crippen LogP contribution in [0.5, 0.6) is 0 Å². The van der Waals surface area contributed by atoms with Crippen LogP contribution in [0.1, 0.15) is 0 Å². The molecule has 0 atom stereocenters. The molecule has 7 aromatic carbocycles. The smallest absolute Gasteiger partial charge is 0.146 e. The van der Waals surface area contributed by atoms with Gasteiger partial charge in [0.1, 0.15) is 5.65 Å². The van der Waals surface area contributed by atoms with Crippen LogP contribution >= 0.6 is 0 Å². The van der Waals surface area contributed by atoms with E-state index in [4.69, 9.17) is 4.98 Å². The number of aromatic nitrogens is 3. The van der Waals surface area contributed by atoms with Gasteiger partial charge in [0.15, 0.2) is 0 Å². The maximum absolute atomic E-state index is 5.37. The van der Waals surface area contributed by atoms with Gasteiger partial charge in [-0.1, -0.05) is 133 Å². The summed E-state index contributed by atoms with van der Waals surface area (Å²) in [6.07, 6.45) is 0. The number of imidazole rings is 1. The molecule has 0 bridgehead atoms. The number of rotatable bonds is 4. The molecule has 48 heavy (non-hydrogen) atoms. The highest BCUT2D eigenvalue weighted by Crippen LogP contribution is 2.41. The van der Waals surface area contributed by atoms with Crippen molar-refractivity contribution in [2.24, 2.45) is 0 Å². The lowest BCUT2D eigenvalue weighted by Gasteiger charge is -2.13. The number of pyridine rings is 1. The highest BCUT2D eigenvalue weighted by molar-refractivity contribution is 6.15. The van der Waals surface area contributed by atoms with Crippen molar-refractivity contribution in [1.82, 2.24) is 14.0 Å². The topological polar surface area (TPSA) is 22.2 Å². The first-order chi connectivity index (χ1) is 23.8. The van der Waals surface area contributed by atoms with E-state index in [2.05, 4.69) is 185 Å². The zero-order valence-corrected chi connectivity index (χ0v) is 26.1. The molecule has 3 aromatic heterocycles. The Morgan fingerprint density at radius 1 is 0.354 bits per heavy atom. The molecular formula is C45H29N3. The van der Waals surface area contributed by atoms with Crippen LogP contribution in [0.4, 0.5) is 0 Å². The molecule has 0 aliphatic heterocycles. The predicted molar refractivity (Wildman–Crippen MR) is 201 cm³/mol. The molecule has 0 aliphatic rings. The third-order valence-electron chi connectivity index (χ3n) is 9.69. The van der Waals surface area contributed by atoms with Crippen LogP contribution in [0, 0.1) is 0 Å².